The van der Waals surface area contributed by atoms with E-state index < -0.39 is 8.80 Å². The molecule has 0 N–H and O–H groups in total. The third-order valence-electron chi connectivity index (χ3n) is 1.10. The molecule has 10 heavy (non-hydrogen) atoms. The fraction of sp³-hybridized carbons (Fsp3) is 0.600. The smallest absolute Gasteiger partial charge is 0.374 e. The maximum Gasteiger partial charge on any atom is 0.528 e. The van der Waals surface area contributed by atoms with E-state index in [0.29, 0.717) is 0 Å². The van der Waals surface area contributed by atoms with Gasteiger partial charge in [0.2, 0.25) is 0 Å². The molecule has 3 nitrogen and oxygen atoms in total. The standard InChI is InChI=1S/C5H12O3Si.Si/c1-5-9(6-2,7-3)8-4;/h5H,1H2,2-4H3;. The van der Waals surface area contributed by atoms with E-state index in [4.69, 9.17) is 13.3 Å². The van der Waals surface area contributed by atoms with Crippen LogP contribution >= 0.6 is 0 Å². The van der Waals surface area contributed by atoms with Crippen LogP contribution in [0.25, 0.3) is 0 Å². The summed E-state index contributed by atoms with van der Waals surface area (Å²) in [5.74, 6) is 0. The average Bonchev–Trinajstić information content (AvgIpc) is 1.95. The maximum atomic E-state index is 4.96. The predicted molar refractivity (Wildman–Crippen MR) is 42.7 cm³/mol. The summed E-state index contributed by atoms with van der Waals surface area (Å²) in [5.41, 5.74) is 1.58. The van der Waals surface area contributed by atoms with Crippen LogP contribution in [0.4, 0.5) is 0 Å². The van der Waals surface area contributed by atoms with Crippen molar-refractivity contribution in [2.75, 3.05) is 21.3 Å². The van der Waals surface area contributed by atoms with Crippen molar-refractivity contribution in [3.05, 3.63) is 12.3 Å². The van der Waals surface area contributed by atoms with Crippen molar-refractivity contribution < 1.29 is 13.3 Å². The molecule has 0 aromatic rings. The zero-order valence-corrected chi connectivity index (χ0v) is 8.51. The fourth-order valence-electron chi connectivity index (χ4n) is 0.500. The van der Waals surface area contributed by atoms with Gasteiger partial charge in [0.1, 0.15) is 0 Å². The monoisotopic (exact) mass is 176 g/mol. The molecular formula is C5H12O3Si2. The number of hydrogen-bond donors (Lipinski definition) is 0. The van der Waals surface area contributed by atoms with E-state index in [9.17, 15) is 0 Å². The quantitative estimate of drug-likeness (QED) is 0.573. The lowest BCUT2D eigenvalue weighted by Crippen LogP contribution is -2.40. The average molecular weight is 176 g/mol. The van der Waals surface area contributed by atoms with Crippen molar-refractivity contribution in [2.24, 2.45) is 0 Å². The minimum Gasteiger partial charge on any atom is -0.374 e. The first-order valence-electron chi connectivity index (χ1n) is 2.53. The Morgan fingerprint density at radius 1 is 1.10 bits per heavy atom. The van der Waals surface area contributed by atoms with Crippen molar-refractivity contribution in [3.8, 4) is 0 Å². The molecule has 0 spiro atoms. The van der Waals surface area contributed by atoms with Gasteiger partial charge < -0.3 is 13.3 Å². The van der Waals surface area contributed by atoms with Crippen LogP contribution in [0.1, 0.15) is 0 Å². The maximum absolute atomic E-state index is 4.96. The molecule has 0 aliphatic carbocycles. The highest BCUT2D eigenvalue weighted by atomic mass is 28.4. The Labute approximate surface area is 67.4 Å². The molecule has 0 fully saturated rings. The Morgan fingerprint density at radius 3 is 1.40 bits per heavy atom. The summed E-state index contributed by atoms with van der Waals surface area (Å²) in [6, 6.07) is 0. The van der Waals surface area contributed by atoms with Crippen molar-refractivity contribution in [2.45, 2.75) is 0 Å². The summed E-state index contributed by atoms with van der Waals surface area (Å²) >= 11 is 0. The van der Waals surface area contributed by atoms with Crippen molar-refractivity contribution in [1.29, 1.82) is 0 Å². The van der Waals surface area contributed by atoms with E-state index in [0.717, 1.165) is 0 Å². The Bertz CT molecular complexity index is 84.6. The molecule has 0 aromatic carbocycles. The second-order valence-corrected chi connectivity index (χ2v) is 4.26. The summed E-state index contributed by atoms with van der Waals surface area (Å²) in [7, 11) is 2.20. The molecule has 0 saturated carbocycles. The third-order valence-corrected chi connectivity index (χ3v) is 3.31. The SMILES string of the molecule is C=C[Si](OC)(OC)OC.[Si]. The molecule has 0 unspecified atom stereocenters. The molecule has 5 heteroatoms. The van der Waals surface area contributed by atoms with Crippen LogP contribution in [0.15, 0.2) is 12.3 Å². The Balaban J connectivity index is 0. The van der Waals surface area contributed by atoms with Gasteiger partial charge in [0.05, 0.1) is 0 Å². The van der Waals surface area contributed by atoms with Crippen LogP contribution in [0, 0.1) is 0 Å². The van der Waals surface area contributed by atoms with Crippen molar-refractivity contribution in [3.63, 3.8) is 0 Å². The first-order chi connectivity index (χ1) is 4.24. The van der Waals surface area contributed by atoms with Crippen LogP contribution in [-0.2, 0) is 13.3 Å². The van der Waals surface area contributed by atoms with Crippen LogP contribution in [0.2, 0.25) is 0 Å². The van der Waals surface area contributed by atoms with E-state index in [-0.39, 0.29) is 11.0 Å². The second kappa shape index (κ2) is 5.81. The van der Waals surface area contributed by atoms with Gasteiger partial charge in [-0.3, -0.25) is 0 Å². The van der Waals surface area contributed by atoms with Crippen molar-refractivity contribution >= 4 is 19.8 Å². The highest BCUT2D eigenvalue weighted by molar-refractivity contribution is 6.66. The van der Waals surface area contributed by atoms with E-state index >= 15 is 0 Å². The molecule has 0 atom stereocenters. The minimum absolute atomic E-state index is 0. The predicted octanol–water partition coefficient (Wildman–Crippen LogP) is 0.209. The first kappa shape index (κ1) is 12.7. The van der Waals surface area contributed by atoms with Gasteiger partial charge in [-0.25, -0.2) is 0 Å². The van der Waals surface area contributed by atoms with Gasteiger partial charge in [0.25, 0.3) is 0 Å². The second-order valence-electron chi connectivity index (χ2n) is 1.42. The zero-order chi connectivity index (χ0) is 7.33. The summed E-state index contributed by atoms with van der Waals surface area (Å²) in [4.78, 5) is 0. The third kappa shape index (κ3) is 2.76. The summed E-state index contributed by atoms with van der Waals surface area (Å²) in [6.07, 6.45) is 0. The van der Waals surface area contributed by atoms with E-state index in [1.165, 1.54) is 0 Å². The van der Waals surface area contributed by atoms with Gasteiger partial charge in [-0.05, 0) is 5.70 Å². The largest absolute Gasteiger partial charge is 0.528 e. The summed E-state index contributed by atoms with van der Waals surface area (Å²) < 4.78 is 14.9. The molecule has 4 radical (unpaired) electrons. The Kier molecular flexibility index (Phi) is 7.38. The minimum atomic E-state index is -2.43. The molecule has 0 saturated heterocycles. The molecule has 0 amide bonds. The Hall–Kier alpha value is 0.0538. The van der Waals surface area contributed by atoms with Crippen LogP contribution < -0.4 is 0 Å². The highest BCUT2D eigenvalue weighted by Crippen LogP contribution is 2.04. The lowest BCUT2D eigenvalue weighted by atomic mass is 11.3. The summed E-state index contributed by atoms with van der Waals surface area (Å²) in [5, 5.41) is 0. The normalized spacial score (nSPS) is 10.3. The highest BCUT2D eigenvalue weighted by Gasteiger charge is 2.33. The molecule has 0 rings (SSSR count). The van der Waals surface area contributed by atoms with Gasteiger partial charge in [-0.1, -0.05) is 6.58 Å². The van der Waals surface area contributed by atoms with E-state index in [2.05, 4.69) is 6.58 Å². The number of rotatable bonds is 4. The van der Waals surface area contributed by atoms with Crippen LogP contribution in [0.5, 0.6) is 0 Å². The van der Waals surface area contributed by atoms with Crippen LogP contribution in [-0.4, -0.2) is 41.1 Å². The van der Waals surface area contributed by atoms with Gasteiger partial charge >= 0.3 is 8.80 Å². The summed E-state index contributed by atoms with van der Waals surface area (Å²) in [6.45, 7) is 3.53. The first-order valence-corrected chi connectivity index (χ1v) is 4.34. The molecule has 0 aliphatic rings. The van der Waals surface area contributed by atoms with Crippen molar-refractivity contribution in [1.82, 2.24) is 0 Å². The zero-order valence-electron chi connectivity index (χ0n) is 6.51. The fourth-order valence-corrected chi connectivity index (χ4v) is 1.50. The molecule has 0 heterocycles. The lowest BCUT2D eigenvalue weighted by Gasteiger charge is -2.19. The van der Waals surface area contributed by atoms with Gasteiger partial charge in [0.15, 0.2) is 0 Å². The number of hydrogen-bond acceptors (Lipinski definition) is 3. The molecule has 58 valence electrons. The molecule has 0 bridgehead atoms. The molecule has 0 aromatic heterocycles. The van der Waals surface area contributed by atoms with Gasteiger partial charge in [-0.2, -0.15) is 0 Å². The van der Waals surface area contributed by atoms with Gasteiger partial charge in [0, 0.05) is 32.3 Å². The molecule has 0 aliphatic heterocycles. The van der Waals surface area contributed by atoms with E-state index in [1.807, 2.05) is 0 Å². The topological polar surface area (TPSA) is 27.7 Å². The lowest BCUT2D eigenvalue weighted by molar-refractivity contribution is 0.138. The van der Waals surface area contributed by atoms with Gasteiger partial charge in [-0.15, -0.1) is 0 Å². The molecular weight excluding hydrogens is 164 g/mol. The van der Waals surface area contributed by atoms with E-state index in [1.54, 1.807) is 27.0 Å². The Morgan fingerprint density at radius 2 is 1.40 bits per heavy atom. The van der Waals surface area contributed by atoms with Crippen LogP contribution in [0.3, 0.4) is 0 Å².